The van der Waals surface area contributed by atoms with Gasteiger partial charge in [-0.2, -0.15) is 0 Å². The number of benzene rings is 1. The summed E-state index contributed by atoms with van der Waals surface area (Å²) in [7, 11) is 0. The maximum absolute atomic E-state index is 12.7. The number of nitrogens with two attached hydrogens (primary N) is 1. The van der Waals surface area contributed by atoms with E-state index in [2.05, 4.69) is 4.98 Å². The maximum Gasteiger partial charge on any atom is 0.270 e. The second-order valence-electron chi connectivity index (χ2n) is 6.54. The molecule has 2 aromatic rings. The molecule has 3 rings (SSSR count). The highest BCUT2D eigenvalue weighted by molar-refractivity contribution is 5.98. The van der Waals surface area contributed by atoms with E-state index in [4.69, 9.17) is 5.73 Å². The molecule has 1 aliphatic rings. The van der Waals surface area contributed by atoms with E-state index in [0.29, 0.717) is 31.9 Å². The largest absolute Gasteiger partial charge is 0.351 e. The molecule has 1 saturated heterocycles. The van der Waals surface area contributed by atoms with Crippen molar-refractivity contribution in [2.45, 2.75) is 19.9 Å². The topological polar surface area (TPSA) is 82.4 Å². The number of amides is 2. The van der Waals surface area contributed by atoms with E-state index in [0.717, 1.165) is 10.9 Å². The van der Waals surface area contributed by atoms with Crippen LogP contribution in [-0.2, 0) is 4.79 Å². The van der Waals surface area contributed by atoms with Crippen LogP contribution < -0.4 is 5.73 Å². The summed E-state index contributed by atoms with van der Waals surface area (Å²) >= 11 is 0. The van der Waals surface area contributed by atoms with Crippen molar-refractivity contribution < 1.29 is 9.59 Å². The number of carbonyl (C=O) groups excluding carboxylic acids is 2. The molecule has 0 radical (unpaired) electrons. The number of halogens is 1. The number of nitrogens with one attached hydrogen (secondary N) is 1. The zero-order chi connectivity index (χ0) is 17.3. The number of aromatic amines is 1. The molecule has 1 aliphatic heterocycles. The summed E-state index contributed by atoms with van der Waals surface area (Å²) in [4.78, 5) is 31.8. The first-order valence-corrected chi connectivity index (χ1v) is 8.39. The first-order valence-electron chi connectivity index (χ1n) is 8.39. The van der Waals surface area contributed by atoms with Gasteiger partial charge in [0.15, 0.2) is 0 Å². The summed E-state index contributed by atoms with van der Waals surface area (Å²) in [6.07, 6.45) is 0. The van der Waals surface area contributed by atoms with Crippen LogP contribution in [0.2, 0.25) is 0 Å². The van der Waals surface area contributed by atoms with Crippen molar-refractivity contribution in [3.63, 3.8) is 0 Å². The third kappa shape index (κ3) is 3.96. The van der Waals surface area contributed by atoms with Gasteiger partial charge in [0.05, 0.1) is 5.92 Å². The van der Waals surface area contributed by atoms with Gasteiger partial charge in [-0.25, -0.2) is 0 Å². The molecule has 2 unspecified atom stereocenters. The molecule has 1 aromatic heterocycles. The minimum atomic E-state index is -0.194. The van der Waals surface area contributed by atoms with Gasteiger partial charge in [0, 0.05) is 43.1 Å². The van der Waals surface area contributed by atoms with Crippen LogP contribution in [0, 0.1) is 5.92 Å². The smallest absolute Gasteiger partial charge is 0.270 e. The molecular weight excluding hydrogens is 340 g/mol. The lowest BCUT2D eigenvalue weighted by atomic mass is 10.0. The molecule has 0 bridgehead atoms. The number of aromatic nitrogens is 1. The summed E-state index contributed by atoms with van der Waals surface area (Å²) in [6, 6.07) is 9.55. The summed E-state index contributed by atoms with van der Waals surface area (Å²) < 4.78 is 0. The van der Waals surface area contributed by atoms with Crippen molar-refractivity contribution in [2.24, 2.45) is 11.7 Å². The van der Waals surface area contributed by atoms with E-state index >= 15 is 0 Å². The maximum atomic E-state index is 12.7. The Hall–Kier alpha value is -2.05. The first-order chi connectivity index (χ1) is 11.5. The van der Waals surface area contributed by atoms with Crippen molar-refractivity contribution >= 4 is 35.1 Å². The van der Waals surface area contributed by atoms with Crippen LogP contribution >= 0.6 is 12.4 Å². The Morgan fingerprint density at radius 3 is 2.28 bits per heavy atom. The van der Waals surface area contributed by atoms with Gasteiger partial charge in [-0.3, -0.25) is 9.59 Å². The second-order valence-corrected chi connectivity index (χ2v) is 6.54. The van der Waals surface area contributed by atoms with Gasteiger partial charge in [-0.1, -0.05) is 25.1 Å². The Morgan fingerprint density at radius 2 is 1.68 bits per heavy atom. The molecule has 0 aliphatic carbocycles. The molecular formula is C18H25ClN4O2. The highest BCUT2D eigenvalue weighted by Gasteiger charge is 2.29. The van der Waals surface area contributed by atoms with E-state index < -0.39 is 0 Å². The molecule has 2 heterocycles. The SMILES string of the molecule is CC(N)C(C)C(=O)N1CCN(C(=O)c2cc3ccccc3[nH]2)CC1.Cl. The van der Waals surface area contributed by atoms with Gasteiger partial charge in [0.2, 0.25) is 5.91 Å². The van der Waals surface area contributed by atoms with E-state index in [9.17, 15) is 9.59 Å². The molecule has 2 amide bonds. The lowest BCUT2D eigenvalue weighted by molar-refractivity contribution is -0.137. The number of fused-ring (bicyclic) bond motifs is 1. The fourth-order valence-corrected chi connectivity index (χ4v) is 3.00. The van der Waals surface area contributed by atoms with Gasteiger partial charge in [0.25, 0.3) is 5.91 Å². The van der Waals surface area contributed by atoms with Gasteiger partial charge in [0.1, 0.15) is 5.69 Å². The highest BCUT2D eigenvalue weighted by atomic mass is 35.5. The van der Waals surface area contributed by atoms with Gasteiger partial charge in [-0.05, 0) is 19.1 Å². The number of hydrogen-bond donors (Lipinski definition) is 2. The average molecular weight is 365 g/mol. The van der Waals surface area contributed by atoms with Crippen LogP contribution in [0.5, 0.6) is 0 Å². The Morgan fingerprint density at radius 1 is 1.08 bits per heavy atom. The van der Waals surface area contributed by atoms with E-state index in [1.54, 1.807) is 4.90 Å². The highest BCUT2D eigenvalue weighted by Crippen LogP contribution is 2.17. The molecule has 6 nitrogen and oxygen atoms in total. The first kappa shape index (κ1) is 19.3. The van der Waals surface area contributed by atoms with Gasteiger partial charge >= 0.3 is 0 Å². The van der Waals surface area contributed by atoms with E-state index in [1.165, 1.54) is 0 Å². The summed E-state index contributed by atoms with van der Waals surface area (Å²) in [6.45, 7) is 5.91. The number of nitrogens with zero attached hydrogens (tertiary/aromatic N) is 2. The van der Waals surface area contributed by atoms with Crippen molar-refractivity contribution in [1.29, 1.82) is 0 Å². The van der Waals surface area contributed by atoms with Crippen LogP contribution in [0.25, 0.3) is 10.9 Å². The summed E-state index contributed by atoms with van der Waals surface area (Å²) in [5.41, 5.74) is 7.37. The Bertz CT molecular complexity index is 717. The Balaban J connectivity index is 0.00000225. The average Bonchev–Trinajstić information content (AvgIpc) is 3.04. The lowest BCUT2D eigenvalue weighted by Gasteiger charge is -2.36. The number of hydrogen-bond acceptors (Lipinski definition) is 3. The number of carbonyl (C=O) groups is 2. The van der Waals surface area contributed by atoms with Gasteiger partial charge < -0.3 is 20.5 Å². The second kappa shape index (κ2) is 7.89. The number of rotatable bonds is 3. The Kier molecular flexibility index (Phi) is 6.08. The zero-order valence-corrected chi connectivity index (χ0v) is 15.4. The van der Waals surface area contributed by atoms with Crippen LogP contribution in [0.4, 0.5) is 0 Å². The van der Waals surface area contributed by atoms with Gasteiger partial charge in [-0.15, -0.1) is 12.4 Å². The fourth-order valence-electron chi connectivity index (χ4n) is 3.00. The predicted molar refractivity (Wildman–Crippen MR) is 101 cm³/mol. The molecule has 7 heteroatoms. The van der Waals surface area contributed by atoms with Crippen molar-refractivity contribution in [1.82, 2.24) is 14.8 Å². The molecule has 0 saturated carbocycles. The van der Waals surface area contributed by atoms with Crippen LogP contribution in [0.15, 0.2) is 30.3 Å². The third-order valence-corrected chi connectivity index (χ3v) is 4.82. The van der Waals surface area contributed by atoms with E-state index in [-0.39, 0.29) is 36.2 Å². The van der Waals surface area contributed by atoms with E-state index in [1.807, 2.05) is 49.1 Å². The Labute approximate surface area is 153 Å². The molecule has 25 heavy (non-hydrogen) atoms. The number of piperazine rings is 1. The summed E-state index contributed by atoms with van der Waals surface area (Å²) in [5.74, 6) is -0.137. The van der Waals surface area contributed by atoms with Crippen molar-refractivity contribution in [3.8, 4) is 0 Å². The quantitative estimate of drug-likeness (QED) is 0.872. The molecule has 1 aromatic carbocycles. The monoisotopic (exact) mass is 364 g/mol. The molecule has 1 fully saturated rings. The molecule has 2 atom stereocenters. The van der Waals surface area contributed by atoms with Crippen LogP contribution in [0.3, 0.4) is 0 Å². The number of para-hydroxylation sites is 1. The molecule has 136 valence electrons. The minimum absolute atomic E-state index is 0. The van der Waals surface area contributed by atoms with Crippen LogP contribution in [-0.4, -0.2) is 58.8 Å². The minimum Gasteiger partial charge on any atom is -0.351 e. The number of H-pyrrole nitrogens is 1. The lowest BCUT2D eigenvalue weighted by Crippen LogP contribution is -2.53. The third-order valence-electron chi connectivity index (χ3n) is 4.82. The zero-order valence-electron chi connectivity index (χ0n) is 14.6. The molecule has 3 N–H and O–H groups in total. The summed E-state index contributed by atoms with van der Waals surface area (Å²) in [5, 5.41) is 1.03. The molecule has 0 spiro atoms. The fraction of sp³-hybridized carbons (Fsp3) is 0.444. The van der Waals surface area contributed by atoms with Crippen molar-refractivity contribution in [2.75, 3.05) is 26.2 Å². The normalized spacial score (nSPS) is 17.1. The predicted octanol–water partition coefficient (Wildman–Crippen LogP) is 1.86. The van der Waals surface area contributed by atoms with Crippen LogP contribution in [0.1, 0.15) is 24.3 Å². The standard InChI is InChI=1S/C18H24N4O2.ClH/c1-12(13(2)19)17(23)21-7-9-22(10-8-21)18(24)16-11-14-5-3-4-6-15(14)20-16;/h3-6,11-13,20H,7-10,19H2,1-2H3;1H. The van der Waals surface area contributed by atoms with Crippen molar-refractivity contribution in [3.05, 3.63) is 36.0 Å².